The first kappa shape index (κ1) is 15.3. The third-order valence-electron chi connectivity index (χ3n) is 3.48. The zero-order valence-electron chi connectivity index (χ0n) is 10.9. The van der Waals surface area contributed by atoms with Crippen molar-refractivity contribution < 1.29 is 4.74 Å². The van der Waals surface area contributed by atoms with Crippen molar-refractivity contribution in [2.45, 2.75) is 13.0 Å². The standard InChI is InChI=1S/C15H11Cl4NO/c16-10-5-11(17)14(19)12(13(10)18)8-3-7-1-2-21-15(7)9(4-8)6-20/h3-5H,1-2,6,20H2. The fourth-order valence-corrected chi connectivity index (χ4v) is 3.54. The molecule has 2 aromatic rings. The lowest BCUT2D eigenvalue weighted by Gasteiger charge is -2.14. The first-order valence-corrected chi connectivity index (χ1v) is 7.86. The molecule has 3 rings (SSSR count). The molecule has 21 heavy (non-hydrogen) atoms. The van der Waals surface area contributed by atoms with Crippen LogP contribution >= 0.6 is 46.4 Å². The highest BCUT2D eigenvalue weighted by molar-refractivity contribution is 6.50. The minimum absolute atomic E-state index is 0.368. The molecule has 0 amide bonds. The van der Waals surface area contributed by atoms with Crippen molar-refractivity contribution in [3.63, 3.8) is 0 Å². The van der Waals surface area contributed by atoms with Crippen LogP contribution in [0, 0.1) is 0 Å². The maximum Gasteiger partial charge on any atom is 0.127 e. The molecule has 0 spiro atoms. The lowest BCUT2D eigenvalue weighted by atomic mass is 9.98. The lowest BCUT2D eigenvalue weighted by Crippen LogP contribution is -2.00. The van der Waals surface area contributed by atoms with Gasteiger partial charge in [-0.1, -0.05) is 46.4 Å². The Kier molecular flexibility index (Phi) is 4.26. The van der Waals surface area contributed by atoms with Gasteiger partial charge in [-0.2, -0.15) is 0 Å². The Balaban J connectivity index is 2.27. The maximum absolute atomic E-state index is 6.31. The summed E-state index contributed by atoms with van der Waals surface area (Å²) >= 11 is 24.8. The zero-order valence-corrected chi connectivity index (χ0v) is 13.9. The summed E-state index contributed by atoms with van der Waals surface area (Å²) < 4.78 is 5.62. The number of hydrogen-bond donors (Lipinski definition) is 1. The van der Waals surface area contributed by atoms with E-state index in [-0.39, 0.29) is 0 Å². The summed E-state index contributed by atoms with van der Waals surface area (Å²) in [6.07, 6.45) is 0.833. The Bertz CT molecular complexity index is 704. The summed E-state index contributed by atoms with van der Waals surface area (Å²) in [7, 11) is 0. The van der Waals surface area contributed by atoms with E-state index in [1.807, 2.05) is 12.1 Å². The molecule has 0 saturated carbocycles. The Morgan fingerprint density at radius 1 is 1.00 bits per heavy atom. The number of halogens is 4. The van der Waals surface area contributed by atoms with Crippen LogP contribution in [-0.4, -0.2) is 6.61 Å². The van der Waals surface area contributed by atoms with Gasteiger partial charge in [-0.05, 0) is 29.3 Å². The molecule has 1 aliphatic rings. The van der Waals surface area contributed by atoms with Gasteiger partial charge in [0, 0.05) is 24.1 Å². The first-order chi connectivity index (χ1) is 10.0. The highest BCUT2D eigenvalue weighted by atomic mass is 35.5. The van der Waals surface area contributed by atoms with Crippen molar-refractivity contribution in [1.29, 1.82) is 0 Å². The van der Waals surface area contributed by atoms with Crippen LogP contribution in [0.5, 0.6) is 5.75 Å². The van der Waals surface area contributed by atoms with Crippen molar-refractivity contribution >= 4 is 46.4 Å². The minimum atomic E-state index is 0.368. The topological polar surface area (TPSA) is 35.2 Å². The predicted molar refractivity (Wildman–Crippen MR) is 89.0 cm³/mol. The Hall–Kier alpha value is -0.640. The first-order valence-electron chi connectivity index (χ1n) is 6.35. The molecule has 1 aliphatic heterocycles. The molecule has 0 fully saturated rings. The second-order valence-electron chi connectivity index (χ2n) is 4.77. The Labute approximate surface area is 142 Å². The number of benzene rings is 2. The van der Waals surface area contributed by atoms with Gasteiger partial charge >= 0.3 is 0 Å². The van der Waals surface area contributed by atoms with Crippen molar-refractivity contribution in [2.24, 2.45) is 5.73 Å². The van der Waals surface area contributed by atoms with Crippen LogP contribution in [0.4, 0.5) is 0 Å². The van der Waals surface area contributed by atoms with Crippen LogP contribution in [0.25, 0.3) is 11.1 Å². The third kappa shape index (κ3) is 2.60. The normalized spacial score (nSPS) is 13.2. The molecule has 2 N–H and O–H groups in total. The van der Waals surface area contributed by atoms with Crippen molar-refractivity contribution in [3.05, 3.63) is 49.4 Å². The number of fused-ring (bicyclic) bond motifs is 1. The predicted octanol–water partition coefficient (Wildman–Crippen LogP) is 5.36. The van der Waals surface area contributed by atoms with E-state index in [1.165, 1.54) is 6.07 Å². The van der Waals surface area contributed by atoms with Gasteiger partial charge in [0.25, 0.3) is 0 Å². The molecule has 0 aliphatic carbocycles. The van der Waals surface area contributed by atoms with E-state index in [0.717, 1.165) is 28.9 Å². The number of rotatable bonds is 2. The van der Waals surface area contributed by atoms with Crippen molar-refractivity contribution in [2.75, 3.05) is 6.61 Å². The summed E-state index contributed by atoms with van der Waals surface area (Å²) in [6.45, 7) is 1.03. The average Bonchev–Trinajstić information content (AvgIpc) is 2.93. The molecule has 0 atom stereocenters. The van der Waals surface area contributed by atoms with E-state index < -0.39 is 0 Å². The van der Waals surface area contributed by atoms with Gasteiger partial charge in [-0.15, -0.1) is 0 Å². The molecule has 0 aromatic heterocycles. The Morgan fingerprint density at radius 2 is 1.67 bits per heavy atom. The maximum atomic E-state index is 6.31. The monoisotopic (exact) mass is 361 g/mol. The fraction of sp³-hybridized carbons (Fsp3) is 0.200. The van der Waals surface area contributed by atoms with Gasteiger partial charge in [-0.3, -0.25) is 0 Å². The second-order valence-corrected chi connectivity index (χ2v) is 6.34. The van der Waals surface area contributed by atoms with E-state index in [1.54, 1.807) is 0 Å². The molecule has 1 heterocycles. The SMILES string of the molecule is NCc1cc(-c2c(Cl)c(Cl)cc(Cl)c2Cl)cc2c1OCC2. The molecule has 110 valence electrons. The van der Waals surface area contributed by atoms with E-state index in [2.05, 4.69) is 0 Å². The van der Waals surface area contributed by atoms with E-state index in [9.17, 15) is 0 Å². The molecule has 0 saturated heterocycles. The summed E-state index contributed by atoms with van der Waals surface area (Å²) in [4.78, 5) is 0. The van der Waals surface area contributed by atoms with Crippen LogP contribution in [0.15, 0.2) is 18.2 Å². The highest BCUT2D eigenvalue weighted by Crippen LogP contribution is 2.45. The highest BCUT2D eigenvalue weighted by Gasteiger charge is 2.21. The summed E-state index contributed by atoms with van der Waals surface area (Å²) in [6, 6.07) is 5.46. The van der Waals surface area contributed by atoms with Crippen LogP contribution in [-0.2, 0) is 13.0 Å². The molecular formula is C15H11Cl4NO. The largest absolute Gasteiger partial charge is 0.493 e. The Morgan fingerprint density at radius 3 is 2.29 bits per heavy atom. The van der Waals surface area contributed by atoms with Gasteiger partial charge < -0.3 is 10.5 Å². The van der Waals surface area contributed by atoms with Crippen LogP contribution < -0.4 is 10.5 Å². The van der Waals surface area contributed by atoms with E-state index >= 15 is 0 Å². The molecule has 2 nitrogen and oxygen atoms in total. The van der Waals surface area contributed by atoms with E-state index in [0.29, 0.717) is 38.8 Å². The van der Waals surface area contributed by atoms with Crippen LogP contribution in [0.3, 0.4) is 0 Å². The smallest absolute Gasteiger partial charge is 0.127 e. The summed E-state index contributed by atoms with van der Waals surface area (Å²) in [5.74, 6) is 0.863. The second kappa shape index (κ2) is 5.86. The van der Waals surface area contributed by atoms with Gasteiger partial charge in [0.1, 0.15) is 5.75 Å². The van der Waals surface area contributed by atoms with Gasteiger partial charge in [0.15, 0.2) is 0 Å². The summed E-state index contributed by atoms with van der Waals surface area (Å²) in [5, 5.41) is 1.50. The molecule has 0 unspecified atom stereocenters. The number of hydrogen-bond acceptors (Lipinski definition) is 2. The summed E-state index contributed by atoms with van der Waals surface area (Å²) in [5.41, 5.74) is 9.29. The fourth-order valence-electron chi connectivity index (χ4n) is 2.51. The average molecular weight is 363 g/mol. The van der Waals surface area contributed by atoms with Crippen LogP contribution in [0.2, 0.25) is 20.1 Å². The minimum Gasteiger partial charge on any atom is -0.493 e. The molecule has 6 heteroatoms. The van der Waals surface area contributed by atoms with E-state index in [4.69, 9.17) is 56.9 Å². The van der Waals surface area contributed by atoms with Gasteiger partial charge in [-0.25, -0.2) is 0 Å². The van der Waals surface area contributed by atoms with Crippen LogP contribution in [0.1, 0.15) is 11.1 Å². The number of nitrogens with two attached hydrogens (primary N) is 1. The molecular weight excluding hydrogens is 352 g/mol. The van der Waals surface area contributed by atoms with Gasteiger partial charge in [0.2, 0.25) is 0 Å². The molecule has 0 radical (unpaired) electrons. The van der Waals surface area contributed by atoms with Crippen molar-refractivity contribution in [3.8, 4) is 16.9 Å². The zero-order chi connectivity index (χ0) is 15.1. The molecule has 2 aromatic carbocycles. The van der Waals surface area contributed by atoms with Crippen molar-refractivity contribution in [1.82, 2.24) is 0 Å². The molecule has 0 bridgehead atoms. The lowest BCUT2D eigenvalue weighted by molar-refractivity contribution is 0.353. The third-order valence-corrected chi connectivity index (χ3v) is 5.06. The quantitative estimate of drug-likeness (QED) is 0.729. The number of ether oxygens (including phenoxy) is 1. The van der Waals surface area contributed by atoms with Gasteiger partial charge in [0.05, 0.1) is 26.7 Å².